The van der Waals surface area contributed by atoms with E-state index in [0.717, 1.165) is 18.4 Å². The van der Waals surface area contributed by atoms with E-state index in [0.29, 0.717) is 31.7 Å². The first-order valence-corrected chi connectivity index (χ1v) is 14.4. The Morgan fingerprint density at radius 2 is 1.77 bits per heavy atom. The molecule has 225 valence electrons. The molecule has 1 fully saturated rings. The number of amides is 1. The SMILES string of the molecule is CC(C)C[C@H]([NH-])C(=O)N1CCC[C@H]1C(=O)OCc1ccccc1.CC[C@H](C)[C@@H](N)[C@@H](O)CC(=O)C[CH-]C(C)C.[Y]. The number of ether oxygens (including phenoxy) is 1. The number of likely N-dealkylation sites (tertiary alicyclic amines) is 1. The fourth-order valence-electron chi connectivity index (χ4n) is 4.34. The second-order valence-corrected chi connectivity index (χ2v) is 11.4. The Bertz CT molecular complexity index is 868. The van der Waals surface area contributed by atoms with Crippen LogP contribution in [-0.4, -0.2) is 58.4 Å². The first-order chi connectivity index (χ1) is 18.4. The Kier molecular flexibility index (Phi) is 20.0. The zero-order valence-corrected chi connectivity index (χ0v) is 28.2. The van der Waals surface area contributed by atoms with Crippen LogP contribution in [0.5, 0.6) is 0 Å². The average molecular weight is 635 g/mol. The molecule has 0 spiro atoms. The number of hydrogen-bond donors (Lipinski definition) is 2. The molecule has 40 heavy (non-hydrogen) atoms. The first-order valence-electron chi connectivity index (χ1n) is 14.4. The summed E-state index contributed by atoms with van der Waals surface area (Å²) in [6.45, 7) is 12.8. The van der Waals surface area contributed by atoms with E-state index in [4.69, 9.17) is 16.2 Å². The molecule has 1 aromatic carbocycles. The third kappa shape index (κ3) is 14.6. The van der Waals surface area contributed by atoms with Crippen molar-refractivity contribution in [2.45, 2.75) is 111 Å². The van der Waals surface area contributed by atoms with Crippen LogP contribution in [0.4, 0.5) is 0 Å². The van der Waals surface area contributed by atoms with E-state index in [-0.39, 0.29) is 81.3 Å². The van der Waals surface area contributed by atoms with Gasteiger partial charge < -0.3 is 37.4 Å². The topological polar surface area (TPSA) is 134 Å². The molecule has 0 aliphatic carbocycles. The van der Waals surface area contributed by atoms with E-state index in [1.54, 1.807) is 0 Å². The molecule has 1 aliphatic rings. The fraction of sp³-hybridized carbons (Fsp3) is 0.677. The van der Waals surface area contributed by atoms with Crippen LogP contribution < -0.4 is 5.73 Å². The van der Waals surface area contributed by atoms with E-state index in [1.165, 1.54) is 4.90 Å². The summed E-state index contributed by atoms with van der Waals surface area (Å²) in [6.07, 6.45) is 4.70. The Hall–Kier alpha value is -1.19. The number of carbonyl (C=O) groups excluding carboxylic acids is 3. The van der Waals surface area contributed by atoms with Crippen molar-refractivity contribution in [3.05, 3.63) is 48.0 Å². The minimum atomic E-state index is -0.794. The Labute approximate surface area is 267 Å². The summed E-state index contributed by atoms with van der Waals surface area (Å²) >= 11 is 0. The van der Waals surface area contributed by atoms with Gasteiger partial charge in [0.2, 0.25) is 5.91 Å². The number of aliphatic hydroxyl groups is 1. The molecule has 2 rings (SSSR count). The van der Waals surface area contributed by atoms with E-state index < -0.39 is 18.2 Å². The summed E-state index contributed by atoms with van der Waals surface area (Å²) < 4.78 is 5.36. The van der Waals surface area contributed by atoms with Crippen molar-refractivity contribution in [1.82, 2.24) is 4.90 Å². The zero-order chi connectivity index (χ0) is 29.5. The number of aliphatic hydroxyl groups excluding tert-OH is 1. The maximum atomic E-state index is 12.4. The maximum Gasteiger partial charge on any atom is 0.329 e. The summed E-state index contributed by atoms with van der Waals surface area (Å²) in [5.74, 6) is 0.392. The molecular weight excluding hydrogens is 583 g/mol. The molecule has 0 unspecified atom stereocenters. The van der Waals surface area contributed by atoms with Gasteiger partial charge in [0.25, 0.3) is 0 Å². The molecule has 1 amide bonds. The predicted molar refractivity (Wildman–Crippen MR) is 155 cm³/mol. The van der Waals surface area contributed by atoms with Gasteiger partial charge in [0.1, 0.15) is 18.4 Å². The predicted octanol–water partition coefficient (Wildman–Crippen LogP) is 5.12. The number of rotatable bonds is 14. The smallest absolute Gasteiger partial charge is 0.329 e. The van der Waals surface area contributed by atoms with E-state index >= 15 is 0 Å². The van der Waals surface area contributed by atoms with Crippen LogP contribution in [0.25, 0.3) is 5.73 Å². The largest absolute Gasteiger partial charge is 0.667 e. The van der Waals surface area contributed by atoms with Crippen LogP contribution in [-0.2, 0) is 58.4 Å². The van der Waals surface area contributed by atoms with Gasteiger partial charge in [-0.1, -0.05) is 90.8 Å². The van der Waals surface area contributed by atoms with Gasteiger partial charge in [-0.25, -0.2) is 4.79 Å². The molecule has 1 aromatic rings. The molecular formula is C31H51N3O5Y-2. The minimum Gasteiger partial charge on any atom is -0.667 e. The van der Waals surface area contributed by atoms with Crippen molar-refractivity contribution >= 4 is 17.7 Å². The van der Waals surface area contributed by atoms with Crippen LogP contribution in [0.2, 0.25) is 0 Å². The second kappa shape index (κ2) is 20.7. The van der Waals surface area contributed by atoms with E-state index in [9.17, 15) is 19.5 Å². The van der Waals surface area contributed by atoms with Crippen LogP contribution in [0, 0.1) is 24.2 Å². The second-order valence-electron chi connectivity index (χ2n) is 11.4. The van der Waals surface area contributed by atoms with Gasteiger partial charge in [-0.15, -0.1) is 6.42 Å². The summed E-state index contributed by atoms with van der Waals surface area (Å²) in [7, 11) is 0. The average Bonchev–Trinajstić information content (AvgIpc) is 3.39. The van der Waals surface area contributed by atoms with Gasteiger partial charge in [0, 0.05) is 51.7 Å². The molecule has 5 atom stereocenters. The fourth-order valence-corrected chi connectivity index (χ4v) is 4.34. The maximum absolute atomic E-state index is 12.4. The Balaban J connectivity index is 0.000000794. The van der Waals surface area contributed by atoms with Gasteiger partial charge in [-0.2, -0.15) is 5.92 Å². The molecule has 8 nitrogen and oxygen atoms in total. The van der Waals surface area contributed by atoms with Crippen molar-refractivity contribution in [1.29, 1.82) is 0 Å². The van der Waals surface area contributed by atoms with Gasteiger partial charge in [-0.3, -0.25) is 4.79 Å². The van der Waals surface area contributed by atoms with Gasteiger partial charge in [0.15, 0.2) is 0 Å². The standard InChI is InChI=1S/C18H25N2O3.C13H26NO2.Y/c1-13(2)11-15(19)17(21)20-10-6-9-16(20)18(22)23-12-14-7-4-3-5-8-14;1-5-10(4)13(14)12(16)8-11(15)7-6-9(2)3;/h3-5,7-8,13,15-16,19H,6,9-12H2,1-2H3;6,9-10,12-13,16H,5,7-8,14H2,1-4H3;/q2*-1;/t15-,16-;10-,12-,13+;/m00./s1. The monoisotopic (exact) mass is 634 g/mol. The third-order valence-electron chi connectivity index (χ3n) is 7.04. The Morgan fingerprint density at radius 3 is 2.33 bits per heavy atom. The summed E-state index contributed by atoms with van der Waals surface area (Å²) in [5, 5.41) is 9.80. The van der Waals surface area contributed by atoms with Crippen molar-refractivity contribution < 1.29 is 56.9 Å². The molecule has 9 heteroatoms. The van der Waals surface area contributed by atoms with E-state index in [2.05, 4.69) is 0 Å². The van der Waals surface area contributed by atoms with Crippen LogP contribution in [0.15, 0.2) is 30.3 Å². The summed E-state index contributed by atoms with van der Waals surface area (Å²) in [4.78, 5) is 37.8. The number of nitrogens with two attached hydrogens (primary N) is 1. The van der Waals surface area contributed by atoms with Crippen LogP contribution >= 0.6 is 0 Å². The van der Waals surface area contributed by atoms with Crippen molar-refractivity contribution in [3.8, 4) is 0 Å². The van der Waals surface area contributed by atoms with Gasteiger partial charge >= 0.3 is 5.97 Å². The van der Waals surface area contributed by atoms with Crippen molar-refractivity contribution in [2.75, 3.05) is 6.54 Å². The molecule has 4 N–H and O–H groups in total. The number of Topliss-reactive ketones (excluding diaryl/α,β-unsaturated/α-hetero) is 1. The minimum absolute atomic E-state index is 0. The summed E-state index contributed by atoms with van der Waals surface area (Å²) in [5.41, 5.74) is 14.8. The van der Waals surface area contributed by atoms with Crippen molar-refractivity contribution in [3.63, 3.8) is 0 Å². The van der Waals surface area contributed by atoms with Crippen LogP contribution in [0.1, 0.15) is 85.6 Å². The van der Waals surface area contributed by atoms with Gasteiger partial charge in [-0.05, 0) is 30.2 Å². The molecule has 0 aromatic heterocycles. The number of carbonyl (C=O) groups is 3. The quantitative estimate of drug-likeness (QED) is 0.216. The number of benzene rings is 1. The number of nitrogens with zero attached hydrogens (tertiary/aromatic N) is 1. The number of ketones is 1. The molecule has 0 bridgehead atoms. The van der Waals surface area contributed by atoms with Crippen molar-refractivity contribution in [2.24, 2.45) is 23.5 Å². The first kappa shape index (κ1) is 38.8. The molecule has 0 saturated carbocycles. The van der Waals surface area contributed by atoms with Gasteiger partial charge in [0.05, 0.1) is 6.10 Å². The molecule has 1 saturated heterocycles. The number of nitrogens with one attached hydrogen (secondary N) is 1. The summed E-state index contributed by atoms with van der Waals surface area (Å²) in [6, 6.07) is 7.86. The van der Waals surface area contributed by atoms with Crippen LogP contribution in [0.3, 0.4) is 0 Å². The van der Waals surface area contributed by atoms with E-state index in [1.807, 2.05) is 78.3 Å². The molecule has 1 heterocycles. The third-order valence-corrected chi connectivity index (χ3v) is 7.04. The number of esters is 1. The Morgan fingerprint density at radius 1 is 1.15 bits per heavy atom. The zero-order valence-electron chi connectivity index (χ0n) is 25.3. The number of hydrogen-bond acceptors (Lipinski definition) is 6. The molecule has 1 aliphatic heterocycles. The molecule has 1 radical (unpaired) electrons. The normalized spacial score (nSPS) is 17.8.